The molecule has 0 aromatic heterocycles. The maximum Gasteiger partial charge on any atom is 0.407 e. The number of carboxylic acid groups (broad SMARTS) is 1. The van der Waals surface area contributed by atoms with Gasteiger partial charge >= 0.3 is 18.0 Å². The van der Waals surface area contributed by atoms with Gasteiger partial charge in [-0.15, -0.1) is 0 Å². The summed E-state index contributed by atoms with van der Waals surface area (Å²) in [6, 6.07) is 14.6. The molecule has 34 heavy (non-hydrogen) atoms. The third kappa shape index (κ3) is 6.33. The fourth-order valence-electron chi connectivity index (χ4n) is 3.90. The third-order valence-corrected chi connectivity index (χ3v) is 5.56. The average molecular weight is 472 g/mol. The summed E-state index contributed by atoms with van der Waals surface area (Å²) in [6.07, 6.45) is -2.92. The maximum atomic E-state index is 12.6. The molecule has 9 nitrogen and oxygen atoms in total. The van der Waals surface area contributed by atoms with E-state index in [0.29, 0.717) is 0 Å². The number of rotatable bonds is 11. The summed E-state index contributed by atoms with van der Waals surface area (Å²) in [4.78, 5) is 36.1. The zero-order valence-electron chi connectivity index (χ0n) is 19.4. The number of amides is 1. The van der Waals surface area contributed by atoms with Gasteiger partial charge in [0, 0.05) is 19.4 Å². The molecule has 0 radical (unpaired) electrons. The number of carbonyl (C=O) groups is 3. The average Bonchev–Trinajstić information content (AvgIpc) is 3.13. The van der Waals surface area contributed by atoms with Crippen molar-refractivity contribution in [2.24, 2.45) is 0 Å². The van der Waals surface area contributed by atoms with Gasteiger partial charge in [-0.05, 0) is 42.5 Å². The molecular formula is C25H29NO8. The monoisotopic (exact) mass is 471 g/mol. The van der Waals surface area contributed by atoms with Crippen LogP contribution in [0.25, 0.3) is 11.1 Å². The highest BCUT2D eigenvalue weighted by molar-refractivity contribution is 5.82. The van der Waals surface area contributed by atoms with Crippen molar-refractivity contribution >= 4 is 18.0 Å². The van der Waals surface area contributed by atoms with Crippen LogP contribution >= 0.6 is 0 Å². The minimum absolute atomic E-state index is 0.0609. The number of methoxy groups -OCH3 is 1. The van der Waals surface area contributed by atoms with Gasteiger partial charge in [0.2, 0.25) is 6.29 Å². The minimum atomic E-state index is -1.21. The third-order valence-electron chi connectivity index (χ3n) is 5.56. The summed E-state index contributed by atoms with van der Waals surface area (Å²) in [5, 5.41) is 11.4. The molecule has 0 aliphatic heterocycles. The number of hydrogen-bond acceptors (Lipinski definition) is 7. The Labute approximate surface area is 198 Å². The normalized spacial score (nSPS) is 14.9. The molecule has 3 atom stereocenters. The topological polar surface area (TPSA) is 120 Å². The number of fused-ring (bicyclic) bond motifs is 3. The molecule has 1 amide bonds. The van der Waals surface area contributed by atoms with Crippen LogP contribution in [0.5, 0.6) is 0 Å². The first-order valence-electron chi connectivity index (χ1n) is 11.0. The van der Waals surface area contributed by atoms with Gasteiger partial charge in [0.1, 0.15) is 12.6 Å². The second kappa shape index (κ2) is 11.6. The summed E-state index contributed by atoms with van der Waals surface area (Å²) < 4.78 is 20.9. The van der Waals surface area contributed by atoms with Gasteiger partial charge in [0.15, 0.2) is 6.29 Å². The maximum absolute atomic E-state index is 12.6. The molecule has 1 aliphatic rings. The molecule has 2 aromatic rings. The molecule has 9 heteroatoms. The van der Waals surface area contributed by atoms with E-state index in [-0.39, 0.29) is 25.4 Å². The zero-order valence-corrected chi connectivity index (χ0v) is 19.4. The number of aliphatic carboxylic acids is 1. The van der Waals surface area contributed by atoms with Crippen LogP contribution in [0, 0.1) is 0 Å². The second-order valence-electron chi connectivity index (χ2n) is 7.90. The van der Waals surface area contributed by atoms with E-state index in [1.54, 1.807) is 6.92 Å². The number of ether oxygens (including phenoxy) is 4. The summed E-state index contributed by atoms with van der Waals surface area (Å²) >= 11 is 0. The Morgan fingerprint density at radius 3 is 2.12 bits per heavy atom. The number of carbonyl (C=O) groups excluding carboxylic acids is 2. The standard InChI is InChI=1S/C25H29NO8/c1-15(31-3)33-16(2)34-24(29)22(12-13-23(27)28)26-25(30)32-14-21-19-10-6-4-8-17(19)18-9-5-7-11-20(18)21/h4-11,15-16,21-22H,12-14H2,1-3H3,(H,26,30)(H,27,28)/t15?,16?,22-/m0/s1. The van der Waals surface area contributed by atoms with Crippen LogP contribution in [0.4, 0.5) is 4.79 Å². The fraction of sp³-hybridized carbons (Fsp3) is 0.400. The van der Waals surface area contributed by atoms with Gasteiger partial charge in [-0.2, -0.15) is 0 Å². The SMILES string of the molecule is COC(C)OC(C)OC(=O)[C@H](CCC(=O)O)NC(=O)OCC1c2ccccc2-c2ccccc21. The number of esters is 1. The van der Waals surface area contributed by atoms with Crippen molar-refractivity contribution in [1.29, 1.82) is 0 Å². The Morgan fingerprint density at radius 1 is 0.971 bits per heavy atom. The van der Waals surface area contributed by atoms with E-state index < -0.39 is 36.7 Å². The zero-order chi connectivity index (χ0) is 24.7. The molecule has 3 rings (SSSR count). The van der Waals surface area contributed by atoms with Crippen molar-refractivity contribution in [1.82, 2.24) is 5.32 Å². The fourth-order valence-corrected chi connectivity index (χ4v) is 3.90. The summed E-state index contributed by atoms with van der Waals surface area (Å²) in [5.41, 5.74) is 4.29. The lowest BCUT2D eigenvalue weighted by Crippen LogP contribution is -2.44. The Hall–Kier alpha value is -3.43. The highest BCUT2D eigenvalue weighted by Crippen LogP contribution is 2.44. The summed E-state index contributed by atoms with van der Waals surface area (Å²) in [5.74, 6) is -2.08. The number of nitrogens with one attached hydrogen (secondary N) is 1. The first-order valence-corrected chi connectivity index (χ1v) is 11.0. The number of carboxylic acids is 1. The van der Waals surface area contributed by atoms with Gasteiger partial charge in [-0.25, -0.2) is 9.59 Å². The van der Waals surface area contributed by atoms with Crippen LogP contribution in [0.15, 0.2) is 48.5 Å². The van der Waals surface area contributed by atoms with E-state index in [2.05, 4.69) is 5.32 Å². The van der Waals surface area contributed by atoms with Crippen LogP contribution in [0.2, 0.25) is 0 Å². The van der Waals surface area contributed by atoms with Crippen LogP contribution < -0.4 is 5.32 Å². The molecule has 1 aliphatic carbocycles. The van der Waals surface area contributed by atoms with E-state index >= 15 is 0 Å². The van der Waals surface area contributed by atoms with Crippen molar-refractivity contribution in [3.8, 4) is 11.1 Å². The van der Waals surface area contributed by atoms with Crippen molar-refractivity contribution in [3.05, 3.63) is 59.7 Å². The van der Waals surface area contributed by atoms with Gasteiger partial charge in [-0.3, -0.25) is 4.79 Å². The Bertz CT molecular complexity index is 978. The van der Waals surface area contributed by atoms with Crippen molar-refractivity contribution in [3.63, 3.8) is 0 Å². The lowest BCUT2D eigenvalue weighted by atomic mass is 9.98. The molecule has 0 bridgehead atoms. The van der Waals surface area contributed by atoms with E-state index in [1.165, 1.54) is 14.0 Å². The number of alkyl carbamates (subject to hydrolysis) is 1. The smallest absolute Gasteiger partial charge is 0.407 e. The molecule has 0 spiro atoms. The molecule has 2 aromatic carbocycles. The highest BCUT2D eigenvalue weighted by atomic mass is 16.8. The van der Waals surface area contributed by atoms with Gasteiger partial charge in [-0.1, -0.05) is 48.5 Å². The van der Waals surface area contributed by atoms with Crippen LogP contribution in [-0.2, 0) is 28.5 Å². The van der Waals surface area contributed by atoms with Crippen molar-refractivity contribution in [2.75, 3.05) is 13.7 Å². The molecule has 0 saturated heterocycles. The van der Waals surface area contributed by atoms with Crippen LogP contribution in [-0.4, -0.2) is 55.5 Å². The van der Waals surface area contributed by atoms with E-state index in [4.69, 9.17) is 24.1 Å². The molecular weight excluding hydrogens is 442 g/mol. The second-order valence-corrected chi connectivity index (χ2v) is 7.90. The molecule has 182 valence electrons. The Balaban J connectivity index is 1.63. The first kappa shape index (κ1) is 25.2. The first-order chi connectivity index (χ1) is 16.3. The highest BCUT2D eigenvalue weighted by Gasteiger charge is 2.30. The number of benzene rings is 2. The Morgan fingerprint density at radius 2 is 1.56 bits per heavy atom. The predicted octanol–water partition coefficient (Wildman–Crippen LogP) is 3.66. The van der Waals surface area contributed by atoms with Gasteiger partial charge in [0.25, 0.3) is 0 Å². The molecule has 2 unspecified atom stereocenters. The van der Waals surface area contributed by atoms with Crippen molar-refractivity contribution < 1.29 is 38.4 Å². The predicted molar refractivity (Wildman–Crippen MR) is 122 cm³/mol. The molecule has 0 fully saturated rings. The molecule has 0 saturated carbocycles. The molecule has 2 N–H and O–H groups in total. The van der Waals surface area contributed by atoms with Crippen LogP contribution in [0.3, 0.4) is 0 Å². The minimum Gasteiger partial charge on any atom is -0.481 e. The lowest BCUT2D eigenvalue weighted by Gasteiger charge is -2.22. The Kier molecular flexibility index (Phi) is 8.61. The summed E-state index contributed by atoms with van der Waals surface area (Å²) in [6.45, 7) is 3.18. The van der Waals surface area contributed by atoms with Gasteiger partial charge < -0.3 is 29.4 Å². The summed E-state index contributed by atoms with van der Waals surface area (Å²) in [7, 11) is 1.44. The largest absolute Gasteiger partial charge is 0.481 e. The molecule has 0 heterocycles. The quantitative estimate of drug-likeness (QED) is 0.376. The lowest BCUT2D eigenvalue weighted by molar-refractivity contribution is -0.223. The van der Waals surface area contributed by atoms with Crippen molar-refractivity contribution in [2.45, 2.75) is 51.2 Å². The number of hydrogen-bond donors (Lipinski definition) is 2. The van der Waals surface area contributed by atoms with Gasteiger partial charge in [0.05, 0.1) is 0 Å². The van der Waals surface area contributed by atoms with Crippen LogP contribution in [0.1, 0.15) is 43.7 Å². The van der Waals surface area contributed by atoms with E-state index in [9.17, 15) is 14.4 Å². The van der Waals surface area contributed by atoms with E-state index in [0.717, 1.165) is 22.3 Å². The van der Waals surface area contributed by atoms with E-state index in [1.807, 2.05) is 48.5 Å².